The lowest BCUT2D eigenvalue weighted by molar-refractivity contribution is -0.118. The summed E-state index contributed by atoms with van der Waals surface area (Å²) in [7, 11) is 1.58. The van der Waals surface area contributed by atoms with Gasteiger partial charge in [-0.2, -0.15) is 0 Å². The number of amides is 2. The number of benzene rings is 2. The summed E-state index contributed by atoms with van der Waals surface area (Å²) in [5.74, 6) is -0.213. The molecule has 0 aliphatic heterocycles. The molecule has 2 amide bonds. The fourth-order valence-electron chi connectivity index (χ4n) is 3.06. The number of rotatable bonds is 10. The molecule has 0 saturated heterocycles. The normalized spacial score (nSPS) is 10.4. The highest BCUT2D eigenvalue weighted by Gasteiger charge is 2.23. The Morgan fingerprint density at radius 1 is 1.00 bits per heavy atom. The van der Waals surface area contributed by atoms with Gasteiger partial charge in [0.05, 0.1) is 20.1 Å². The third-order valence-corrected chi connectivity index (χ3v) is 5.49. The second-order valence-corrected chi connectivity index (χ2v) is 7.81. The van der Waals surface area contributed by atoms with Crippen molar-refractivity contribution in [3.63, 3.8) is 0 Å². The molecule has 1 aromatic heterocycles. The van der Waals surface area contributed by atoms with Gasteiger partial charge < -0.3 is 25.3 Å². The Labute approximate surface area is 195 Å². The smallest absolute Gasteiger partial charge is 0.341 e. The lowest BCUT2D eigenvalue weighted by atomic mass is 10.0. The molecule has 1 heterocycles. The average Bonchev–Trinajstić information content (AvgIpc) is 3.22. The first-order chi connectivity index (χ1) is 15.9. The van der Waals surface area contributed by atoms with E-state index in [1.807, 2.05) is 12.1 Å². The van der Waals surface area contributed by atoms with Crippen LogP contribution < -0.4 is 20.5 Å². The summed E-state index contributed by atoms with van der Waals surface area (Å²) in [6.45, 7) is 1.67. The molecule has 33 heavy (non-hydrogen) atoms. The first-order valence-electron chi connectivity index (χ1n) is 10.1. The number of nitrogens with one attached hydrogen (secondary N) is 1. The fourth-order valence-corrected chi connectivity index (χ4v) is 4.03. The Morgan fingerprint density at radius 2 is 1.67 bits per heavy atom. The highest BCUT2D eigenvalue weighted by Crippen LogP contribution is 2.36. The molecule has 0 saturated carbocycles. The summed E-state index contributed by atoms with van der Waals surface area (Å²) < 4.78 is 15.9. The monoisotopic (exact) mass is 468 g/mol. The highest BCUT2D eigenvalue weighted by molar-refractivity contribution is 7.15. The second-order valence-electron chi connectivity index (χ2n) is 6.93. The number of thiophene rings is 1. The zero-order valence-corrected chi connectivity index (χ0v) is 19.1. The van der Waals surface area contributed by atoms with Crippen molar-refractivity contribution in [1.29, 1.82) is 0 Å². The lowest BCUT2D eigenvalue weighted by Crippen LogP contribution is -2.21. The third-order valence-electron chi connectivity index (χ3n) is 4.60. The Kier molecular flexibility index (Phi) is 8.04. The summed E-state index contributed by atoms with van der Waals surface area (Å²) in [4.78, 5) is 36.1. The van der Waals surface area contributed by atoms with Crippen LogP contribution in [0.15, 0.2) is 53.9 Å². The van der Waals surface area contributed by atoms with Crippen LogP contribution in [0, 0.1) is 0 Å². The number of hydrogen-bond acceptors (Lipinski definition) is 7. The number of carbonyl (C=O) groups is 3. The quantitative estimate of drug-likeness (QED) is 0.439. The van der Waals surface area contributed by atoms with E-state index in [4.69, 9.17) is 19.9 Å². The van der Waals surface area contributed by atoms with Gasteiger partial charge in [-0.15, -0.1) is 11.3 Å². The summed E-state index contributed by atoms with van der Waals surface area (Å²) in [6.07, 6.45) is 0.131. The van der Waals surface area contributed by atoms with Gasteiger partial charge in [0.25, 0.3) is 5.91 Å². The SMILES string of the molecule is CCOC(=O)c1c(-c2ccc(OC)cc2)csc1NC(=O)COc1ccc(CC(N)=O)cc1. The first kappa shape index (κ1) is 23.8. The van der Waals surface area contributed by atoms with Crippen LogP contribution in [0.5, 0.6) is 11.5 Å². The van der Waals surface area contributed by atoms with Gasteiger partial charge in [-0.1, -0.05) is 24.3 Å². The molecule has 0 bridgehead atoms. The number of hydrogen-bond donors (Lipinski definition) is 2. The summed E-state index contributed by atoms with van der Waals surface area (Å²) >= 11 is 1.23. The van der Waals surface area contributed by atoms with Crippen LogP contribution in [0.1, 0.15) is 22.8 Å². The van der Waals surface area contributed by atoms with Crippen LogP contribution in [0.4, 0.5) is 5.00 Å². The molecule has 8 nitrogen and oxygen atoms in total. The van der Waals surface area contributed by atoms with Gasteiger partial charge in [0.2, 0.25) is 5.91 Å². The van der Waals surface area contributed by atoms with Crippen molar-refractivity contribution in [3.05, 3.63) is 65.0 Å². The maximum absolute atomic E-state index is 12.7. The third kappa shape index (κ3) is 6.33. The molecule has 0 spiro atoms. The van der Waals surface area contributed by atoms with E-state index in [0.717, 1.165) is 11.1 Å². The Morgan fingerprint density at radius 3 is 2.27 bits per heavy atom. The molecule has 0 atom stereocenters. The molecule has 172 valence electrons. The van der Waals surface area contributed by atoms with Gasteiger partial charge in [0, 0.05) is 10.9 Å². The van der Waals surface area contributed by atoms with Crippen molar-refractivity contribution in [1.82, 2.24) is 0 Å². The predicted molar refractivity (Wildman–Crippen MR) is 126 cm³/mol. The topological polar surface area (TPSA) is 117 Å². The molecule has 0 aliphatic rings. The first-order valence-corrected chi connectivity index (χ1v) is 11.0. The van der Waals surface area contributed by atoms with Gasteiger partial charge in [0.15, 0.2) is 6.61 Å². The second kappa shape index (κ2) is 11.1. The Bertz CT molecular complexity index is 1120. The molecular weight excluding hydrogens is 444 g/mol. The number of primary amides is 1. The zero-order chi connectivity index (χ0) is 23.8. The number of anilines is 1. The Hall–Kier alpha value is -3.85. The van der Waals surface area contributed by atoms with Crippen LogP contribution in [0.2, 0.25) is 0 Å². The van der Waals surface area contributed by atoms with Crippen LogP contribution in [0.3, 0.4) is 0 Å². The van der Waals surface area contributed by atoms with Gasteiger partial charge in [-0.05, 0) is 42.3 Å². The van der Waals surface area contributed by atoms with Crippen LogP contribution >= 0.6 is 11.3 Å². The van der Waals surface area contributed by atoms with Crippen molar-refractivity contribution in [2.75, 3.05) is 25.6 Å². The van der Waals surface area contributed by atoms with E-state index in [1.54, 1.807) is 55.8 Å². The molecule has 0 radical (unpaired) electrons. The van der Waals surface area contributed by atoms with E-state index < -0.39 is 17.8 Å². The summed E-state index contributed by atoms with van der Waals surface area (Å²) in [5.41, 5.74) is 7.67. The van der Waals surface area contributed by atoms with Crippen LogP contribution in [0.25, 0.3) is 11.1 Å². The molecule has 0 unspecified atom stereocenters. The van der Waals surface area contributed by atoms with E-state index in [-0.39, 0.29) is 25.2 Å². The van der Waals surface area contributed by atoms with Gasteiger partial charge in [-0.3, -0.25) is 9.59 Å². The molecule has 0 aliphatic carbocycles. The molecular formula is C24H24N2O6S. The van der Waals surface area contributed by atoms with Crippen molar-refractivity contribution in [2.24, 2.45) is 5.73 Å². The van der Waals surface area contributed by atoms with E-state index in [2.05, 4.69) is 5.32 Å². The van der Waals surface area contributed by atoms with Crippen molar-refractivity contribution < 1.29 is 28.6 Å². The average molecular weight is 469 g/mol. The largest absolute Gasteiger partial charge is 0.497 e. The summed E-state index contributed by atoms with van der Waals surface area (Å²) in [5, 5.41) is 4.91. The molecule has 3 rings (SSSR count). The van der Waals surface area contributed by atoms with Crippen LogP contribution in [-0.2, 0) is 20.7 Å². The number of esters is 1. The standard InChI is InChI=1S/C24H24N2O6S/c1-3-31-24(29)22-19(16-6-10-17(30-2)11-7-16)14-33-23(22)26-21(28)13-32-18-8-4-15(5-9-18)12-20(25)27/h4-11,14H,3,12-13H2,1-2H3,(H2,25,27)(H,26,28). The van der Waals surface area contributed by atoms with Gasteiger partial charge in [0.1, 0.15) is 22.1 Å². The number of methoxy groups -OCH3 is 1. The summed E-state index contributed by atoms with van der Waals surface area (Å²) in [6, 6.07) is 14.0. The minimum atomic E-state index is -0.522. The Balaban J connectivity index is 1.72. The van der Waals surface area contributed by atoms with Crippen molar-refractivity contribution >= 4 is 34.1 Å². The minimum Gasteiger partial charge on any atom is -0.497 e. The lowest BCUT2D eigenvalue weighted by Gasteiger charge is -2.10. The minimum absolute atomic E-state index is 0.131. The molecule has 0 fully saturated rings. The fraction of sp³-hybridized carbons (Fsp3) is 0.208. The molecule has 3 N–H and O–H groups in total. The molecule has 2 aromatic carbocycles. The van der Waals surface area contributed by atoms with E-state index in [0.29, 0.717) is 22.1 Å². The number of carbonyl (C=O) groups excluding carboxylic acids is 3. The van der Waals surface area contributed by atoms with Crippen molar-refractivity contribution in [3.8, 4) is 22.6 Å². The van der Waals surface area contributed by atoms with Crippen molar-refractivity contribution in [2.45, 2.75) is 13.3 Å². The highest BCUT2D eigenvalue weighted by atomic mass is 32.1. The van der Waals surface area contributed by atoms with E-state index in [1.165, 1.54) is 11.3 Å². The molecule has 9 heteroatoms. The van der Waals surface area contributed by atoms with Crippen LogP contribution in [-0.4, -0.2) is 38.1 Å². The maximum Gasteiger partial charge on any atom is 0.341 e. The van der Waals surface area contributed by atoms with E-state index in [9.17, 15) is 14.4 Å². The zero-order valence-electron chi connectivity index (χ0n) is 18.3. The number of ether oxygens (including phenoxy) is 3. The van der Waals surface area contributed by atoms with E-state index >= 15 is 0 Å². The number of nitrogens with two attached hydrogens (primary N) is 1. The maximum atomic E-state index is 12.7. The van der Waals surface area contributed by atoms with Gasteiger partial charge in [-0.25, -0.2) is 4.79 Å². The molecule has 3 aromatic rings. The van der Waals surface area contributed by atoms with Gasteiger partial charge >= 0.3 is 5.97 Å². The predicted octanol–water partition coefficient (Wildman–Crippen LogP) is 3.65.